The molecule has 0 saturated heterocycles. The number of ether oxygens (including phenoxy) is 1. The van der Waals surface area contributed by atoms with Gasteiger partial charge in [-0.1, -0.05) is 12.1 Å². The van der Waals surface area contributed by atoms with E-state index < -0.39 is 17.5 Å². The highest BCUT2D eigenvalue weighted by Gasteiger charge is 2.20. The summed E-state index contributed by atoms with van der Waals surface area (Å²) in [5, 5.41) is 2.90. The minimum atomic E-state index is -0.503. The zero-order valence-electron chi connectivity index (χ0n) is 14.4. The van der Waals surface area contributed by atoms with Crippen molar-refractivity contribution >= 4 is 5.91 Å². The number of methoxy groups -OCH3 is 1. The van der Waals surface area contributed by atoms with Crippen LogP contribution in [0.1, 0.15) is 33.4 Å². The van der Waals surface area contributed by atoms with Crippen molar-refractivity contribution in [1.82, 2.24) is 20.3 Å². The molecule has 0 aliphatic heterocycles. The number of nitrogens with one attached hydrogen (secondary N) is 2. The number of aromatic nitrogens is 3. The topological polar surface area (TPSA) is 97.0 Å². The van der Waals surface area contributed by atoms with E-state index in [1.807, 2.05) is 36.4 Å². The number of carbonyl (C=O) groups excluding carboxylic acids is 1. The lowest BCUT2D eigenvalue weighted by molar-refractivity contribution is 0.0941. The number of H-pyrrole nitrogens is 1. The van der Waals surface area contributed by atoms with Crippen LogP contribution in [0.15, 0.2) is 59.8 Å². The average Bonchev–Trinajstić information content (AvgIpc) is 2.67. The monoisotopic (exact) mass is 350 g/mol. The summed E-state index contributed by atoms with van der Waals surface area (Å²) in [6, 6.07) is 10.5. The largest absolute Gasteiger partial charge is 0.497 e. The maximum absolute atomic E-state index is 12.6. The number of pyridine rings is 1. The molecule has 0 fully saturated rings. The molecule has 2 N–H and O–H groups in total. The molecular weight excluding hydrogens is 332 g/mol. The normalized spacial score (nSPS) is 11.6. The Bertz CT molecular complexity index is 953. The van der Waals surface area contributed by atoms with Gasteiger partial charge in [0.2, 0.25) is 0 Å². The van der Waals surface area contributed by atoms with Gasteiger partial charge in [-0.15, -0.1) is 0 Å². The van der Waals surface area contributed by atoms with Crippen LogP contribution < -0.4 is 15.6 Å². The zero-order chi connectivity index (χ0) is 18.5. The standard InChI is InChI=1S/C19H18N4O3/c1-12-21-11-16(18(24)22-12)19(25)23-17(14-7-9-20-10-8-14)13-3-5-15(26-2)6-4-13/h3-11,17H,1-2H3,(H,23,25)(H,21,22,24)/t17-/m1/s1. The van der Waals surface area contributed by atoms with Gasteiger partial charge in [0.05, 0.1) is 13.2 Å². The van der Waals surface area contributed by atoms with Crippen molar-refractivity contribution in [3.63, 3.8) is 0 Å². The van der Waals surface area contributed by atoms with E-state index in [-0.39, 0.29) is 5.56 Å². The Balaban J connectivity index is 1.95. The van der Waals surface area contributed by atoms with Crippen LogP contribution in [0.25, 0.3) is 0 Å². The van der Waals surface area contributed by atoms with Gasteiger partial charge in [-0.25, -0.2) is 4.98 Å². The Morgan fingerprint density at radius 2 is 1.77 bits per heavy atom. The average molecular weight is 350 g/mol. The van der Waals surface area contributed by atoms with Gasteiger partial charge in [0.25, 0.3) is 11.5 Å². The van der Waals surface area contributed by atoms with Gasteiger partial charge >= 0.3 is 0 Å². The predicted molar refractivity (Wildman–Crippen MR) is 96.1 cm³/mol. The van der Waals surface area contributed by atoms with Gasteiger partial charge in [0.1, 0.15) is 17.1 Å². The summed E-state index contributed by atoms with van der Waals surface area (Å²) in [6.07, 6.45) is 4.58. The lowest BCUT2D eigenvalue weighted by Gasteiger charge is -2.20. The van der Waals surface area contributed by atoms with Gasteiger partial charge in [-0.3, -0.25) is 14.6 Å². The Labute approximate surface area is 150 Å². The van der Waals surface area contributed by atoms with Gasteiger partial charge in [0, 0.05) is 18.6 Å². The van der Waals surface area contributed by atoms with Crippen LogP contribution in [0.3, 0.4) is 0 Å². The van der Waals surface area contributed by atoms with Crippen molar-refractivity contribution in [2.75, 3.05) is 7.11 Å². The maximum atomic E-state index is 12.6. The van der Waals surface area contributed by atoms with Crippen LogP contribution in [0.4, 0.5) is 0 Å². The van der Waals surface area contributed by atoms with Crippen molar-refractivity contribution < 1.29 is 9.53 Å². The van der Waals surface area contributed by atoms with Crippen LogP contribution in [0, 0.1) is 6.92 Å². The molecule has 0 bridgehead atoms. The SMILES string of the molecule is COc1ccc([C@@H](NC(=O)c2cnc(C)[nH]c2=O)c2ccncc2)cc1. The van der Waals surface area contributed by atoms with Crippen LogP contribution in [-0.4, -0.2) is 28.0 Å². The second kappa shape index (κ2) is 7.60. The predicted octanol–water partition coefficient (Wildman–Crippen LogP) is 2.00. The molecule has 0 aliphatic rings. The van der Waals surface area contributed by atoms with Gasteiger partial charge in [-0.05, 0) is 42.3 Å². The lowest BCUT2D eigenvalue weighted by atomic mass is 9.99. The molecule has 0 spiro atoms. The molecule has 0 unspecified atom stereocenters. The number of carbonyl (C=O) groups is 1. The first kappa shape index (κ1) is 17.3. The van der Waals surface area contributed by atoms with E-state index in [1.165, 1.54) is 6.20 Å². The smallest absolute Gasteiger partial charge is 0.263 e. The third-order valence-corrected chi connectivity index (χ3v) is 3.93. The van der Waals surface area contributed by atoms with E-state index in [0.29, 0.717) is 11.6 Å². The number of nitrogens with zero attached hydrogens (tertiary/aromatic N) is 2. The van der Waals surface area contributed by atoms with Crippen molar-refractivity contribution in [3.05, 3.63) is 87.9 Å². The third kappa shape index (κ3) is 3.77. The summed E-state index contributed by atoms with van der Waals surface area (Å²) in [6.45, 7) is 1.65. The molecule has 3 rings (SSSR count). The Kier molecular flexibility index (Phi) is 5.07. The molecule has 0 radical (unpaired) electrons. The number of amides is 1. The lowest BCUT2D eigenvalue weighted by Crippen LogP contribution is -2.33. The summed E-state index contributed by atoms with van der Waals surface area (Å²) in [5.74, 6) is 0.663. The molecule has 2 aromatic heterocycles. The number of rotatable bonds is 5. The second-order valence-electron chi connectivity index (χ2n) is 5.67. The highest BCUT2D eigenvalue weighted by atomic mass is 16.5. The minimum absolute atomic E-state index is 0.0387. The van der Waals surface area contributed by atoms with Gasteiger partial charge in [0.15, 0.2) is 0 Å². The van der Waals surface area contributed by atoms with Gasteiger partial charge in [-0.2, -0.15) is 0 Å². The fourth-order valence-electron chi connectivity index (χ4n) is 2.57. The Hall–Kier alpha value is -3.48. The molecule has 132 valence electrons. The number of aryl methyl sites for hydroxylation is 1. The molecule has 1 amide bonds. The van der Waals surface area contributed by atoms with Crippen molar-refractivity contribution in [2.45, 2.75) is 13.0 Å². The molecule has 26 heavy (non-hydrogen) atoms. The van der Waals surface area contributed by atoms with E-state index in [4.69, 9.17) is 4.74 Å². The number of benzene rings is 1. The quantitative estimate of drug-likeness (QED) is 0.733. The number of hydrogen-bond acceptors (Lipinski definition) is 5. The first-order chi connectivity index (χ1) is 12.6. The number of hydrogen-bond donors (Lipinski definition) is 2. The van der Waals surface area contributed by atoms with E-state index in [1.54, 1.807) is 26.4 Å². The maximum Gasteiger partial charge on any atom is 0.263 e. The summed E-state index contributed by atoms with van der Waals surface area (Å²) < 4.78 is 5.18. The molecule has 0 saturated carbocycles. The molecule has 0 aliphatic carbocycles. The van der Waals surface area contributed by atoms with Crippen LogP contribution >= 0.6 is 0 Å². The van der Waals surface area contributed by atoms with E-state index >= 15 is 0 Å². The summed E-state index contributed by atoms with van der Waals surface area (Å²) in [7, 11) is 1.59. The van der Waals surface area contributed by atoms with E-state index in [9.17, 15) is 9.59 Å². The van der Waals surface area contributed by atoms with Crippen LogP contribution in [0.5, 0.6) is 5.75 Å². The van der Waals surface area contributed by atoms with Crippen LogP contribution in [-0.2, 0) is 0 Å². The summed E-state index contributed by atoms with van der Waals surface area (Å²) >= 11 is 0. The Morgan fingerprint density at radius 3 is 2.38 bits per heavy atom. The molecular formula is C19H18N4O3. The molecule has 1 atom stereocenters. The summed E-state index contributed by atoms with van der Waals surface area (Å²) in [4.78, 5) is 35.2. The molecule has 1 aromatic carbocycles. The van der Waals surface area contributed by atoms with Gasteiger partial charge < -0.3 is 15.0 Å². The highest BCUT2D eigenvalue weighted by Crippen LogP contribution is 2.24. The second-order valence-corrected chi connectivity index (χ2v) is 5.67. The van der Waals surface area contributed by atoms with E-state index in [2.05, 4.69) is 20.3 Å². The molecule has 3 aromatic rings. The first-order valence-electron chi connectivity index (χ1n) is 7.99. The zero-order valence-corrected chi connectivity index (χ0v) is 14.4. The van der Waals surface area contributed by atoms with Crippen molar-refractivity contribution in [2.24, 2.45) is 0 Å². The molecule has 7 heteroatoms. The fraction of sp³-hybridized carbons (Fsp3) is 0.158. The third-order valence-electron chi connectivity index (χ3n) is 3.93. The van der Waals surface area contributed by atoms with Crippen molar-refractivity contribution in [1.29, 1.82) is 0 Å². The molecule has 7 nitrogen and oxygen atoms in total. The van der Waals surface area contributed by atoms with E-state index in [0.717, 1.165) is 11.1 Å². The van der Waals surface area contributed by atoms with Crippen LogP contribution in [0.2, 0.25) is 0 Å². The van der Waals surface area contributed by atoms with Crippen molar-refractivity contribution in [3.8, 4) is 5.75 Å². The first-order valence-corrected chi connectivity index (χ1v) is 7.99. The molecule has 2 heterocycles. The highest BCUT2D eigenvalue weighted by molar-refractivity contribution is 5.94. The fourth-order valence-corrected chi connectivity index (χ4v) is 2.57. The Morgan fingerprint density at radius 1 is 1.12 bits per heavy atom. The number of aromatic amines is 1. The summed E-state index contributed by atoms with van der Waals surface area (Å²) in [5.41, 5.74) is 1.18. The minimum Gasteiger partial charge on any atom is -0.497 e.